The molecule has 1 aliphatic heterocycles. The first-order valence-electron chi connectivity index (χ1n) is 12.3. The Hall–Kier alpha value is -4.05. The zero-order valence-electron chi connectivity index (χ0n) is 22.2. The third-order valence-electron chi connectivity index (χ3n) is 6.67. The Labute approximate surface area is 217 Å². The number of hydrogen-bond donors (Lipinski definition) is 1. The van der Waals surface area contributed by atoms with Crippen molar-refractivity contribution in [2.75, 3.05) is 18.5 Å². The summed E-state index contributed by atoms with van der Waals surface area (Å²) in [6.07, 6.45) is 0. The van der Waals surface area contributed by atoms with Gasteiger partial charge in [0.2, 0.25) is 0 Å². The molecule has 0 unspecified atom stereocenters. The maximum atomic E-state index is 15.1. The number of ether oxygens (including phenoxy) is 1. The largest absolute Gasteiger partial charge is 0.374 e. The first kappa shape index (κ1) is 27.0. The van der Waals surface area contributed by atoms with E-state index in [0.29, 0.717) is 11.1 Å². The highest BCUT2D eigenvalue weighted by atomic mass is 19.1. The van der Waals surface area contributed by atoms with Crippen molar-refractivity contribution >= 4 is 22.4 Å². The van der Waals surface area contributed by atoms with E-state index in [9.17, 15) is 18.8 Å². The molecule has 1 fully saturated rings. The van der Waals surface area contributed by atoms with E-state index in [4.69, 9.17) is 4.74 Å². The molecule has 0 bridgehead atoms. The number of pyridine rings is 1. The van der Waals surface area contributed by atoms with E-state index in [-0.39, 0.29) is 46.9 Å². The van der Waals surface area contributed by atoms with Gasteiger partial charge in [-0.3, -0.25) is 23.3 Å². The maximum absolute atomic E-state index is 15.1. The highest BCUT2D eigenvalue weighted by molar-refractivity contribution is 5.93. The average molecular weight is 525 g/mol. The molecule has 3 heterocycles. The molecule has 0 atom stereocenters. The molecule has 1 N–H and O–H groups in total. The highest BCUT2D eigenvalue weighted by Crippen LogP contribution is 2.35. The number of halogens is 2. The van der Waals surface area contributed by atoms with Crippen LogP contribution in [0.3, 0.4) is 0 Å². The molecule has 4 aromatic rings. The van der Waals surface area contributed by atoms with E-state index >= 15 is 4.39 Å². The zero-order chi connectivity index (χ0) is 27.9. The summed E-state index contributed by atoms with van der Waals surface area (Å²) in [5.41, 5.74) is -1.95. The van der Waals surface area contributed by atoms with E-state index in [0.717, 1.165) is 4.57 Å². The van der Waals surface area contributed by atoms with Gasteiger partial charge in [0.1, 0.15) is 17.0 Å². The monoisotopic (exact) mass is 524 g/mol. The van der Waals surface area contributed by atoms with Crippen molar-refractivity contribution < 1.29 is 13.5 Å². The van der Waals surface area contributed by atoms with Gasteiger partial charge in [-0.1, -0.05) is 32.0 Å². The number of nitrogens with one attached hydrogen (secondary N) is 1. The lowest BCUT2D eigenvalue weighted by Gasteiger charge is -2.34. The van der Waals surface area contributed by atoms with E-state index in [1.807, 2.05) is 13.8 Å². The normalized spacial score (nSPS) is 14.0. The van der Waals surface area contributed by atoms with Gasteiger partial charge in [0, 0.05) is 19.7 Å². The lowest BCUT2D eigenvalue weighted by atomic mass is 9.93. The molecule has 1 aliphatic rings. The third kappa shape index (κ3) is 4.24. The second-order valence-electron chi connectivity index (χ2n) is 9.16. The molecule has 2 aromatic carbocycles. The van der Waals surface area contributed by atoms with E-state index in [1.54, 1.807) is 31.2 Å². The summed E-state index contributed by atoms with van der Waals surface area (Å²) in [4.78, 5) is 40.0. The number of nitrogens with zero attached hydrogens (tertiary/aromatic N) is 3. The van der Waals surface area contributed by atoms with Gasteiger partial charge in [-0.15, -0.1) is 0 Å². The number of anilines is 2. The summed E-state index contributed by atoms with van der Waals surface area (Å²) in [5, 5.41) is 2.90. The van der Waals surface area contributed by atoms with Crippen LogP contribution in [-0.2, 0) is 24.5 Å². The fourth-order valence-corrected chi connectivity index (χ4v) is 4.51. The van der Waals surface area contributed by atoms with Crippen LogP contribution in [0.4, 0.5) is 20.3 Å². The molecule has 200 valence electrons. The summed E-state index contributed by atoms with van der Waals surface area (Å²) in [6.45, 7) is 7.05. The van der Waals surface area contributed by atoms with Crippen LogP contribution in [0.25, 0.3) is 16.6 Å². The van der Waals surface area contributed by atoms with Crippen molar-refractivity contribution in [2.45, 2.75) is 33.4 Å². The van der Waals surface area contributed by atoms with Crippen LogP contribution < -0.4 is 22.1 Å². The second-order valence-corrected chi connectivity index (χ2v) is 9.16. The van der Waals surface area contributed by atoms with Crippen LogP contribution in [0, 0.1) is 19.7 Å². The lowest BCUT2D eigenvalue weighted by Crippen LogP contribution is -2.43. The van der Waals surface area contributed by atoms with Crippen LogP contribution in [0.5, 0.6) is 0 Å². The van der Waals surface area contributed by atoms with Gasteiger partial charge >= 0.3 is 5.69 Å². The number of benzene rings is 2. The summed E-state index contributed by atoms with van der Waals surface area (Å²) in [5.74, 6) is -0.534. The van der Waals surface area contributed by atoms with E-state index in [2.05, 4.69) is 5.32 Å². The van der Waals surface area contributed by atoms with Crippen LogP contribution in [0.15, 0.2) is 56.8 Å². The molecule has 5 rings (SSSR count). The first-order valence-corrected chi connectivity index (χ1v) is 12.3. The summed E-state index contributed by atoms with van der Waals surface area (Å²) >= 11 is 0. The molecule has 1 saturated heterocycles. The topological polar surface area (TPSA) is 87.3 Å². The van der Waals surface area contributed by atoms with Crippen molar-refractivity contribution in [2.24, 2.45) is 14.1 Å². The van der Waals surface area contributed by atoms with Gasteiger partial charge in [0.15, 0.2) is 5.67 Å². The summed E-state index contributed by atoms with van der Waals surface area (Å²) in [6, 6.07) is 10.8. The summed E-state index contributed by atoms with van der Waals surface area (Å²) < 4.78 is 38.2. The fourth-order valence-electron chi connectivity index (χ4n) is 4.51. The number of rotatable bonds is 4. The molecule has 38 heavy (non-hydrogen) atoms. The molecular weight excluding hydrogens is 494 g/mol. The van der Waals surface area contributed by atoms with E-state index in [1.165, 1.54) is 48.4 Å². The van der Waals surface area contributed by atoms with Crippen molar-refractivity contribution in [3.8, 4) is 5.69 Å². The molecule has 0 amide bonds. The Bertz CT molecular complexity index is 1730. The minimum Gasteiger partial charge on any atom is -0.374 e. The Balaban J connectivity index is 0.00000164. The lowest BCUT2D eigenvalue weighted by molar-refractivity contribution is -0.135. The van der Waals surface area contributed by atoms with Gasteiger partial charge < -0.3 is 10.1 Å². The predicted octanol–water partition coefficient (Wildman–Crippen LogP) is 4.11. The van der Waals surface area contributed by atoms with Gasteiger partial charge in [0.05, 0.1) is 30.1 Å². The quantitative estimate of drug-likeness (QED) is 0.434. The minimum atomic E-state index is -1.68. The maximum Gasteiger partial charge on any atom is 0.335 e. The molecule has 0 radical (unpaired) electrons. The molecule has 0 saturated carbocycles. The molecule has 8 nitrogen and oxygen atoms in total. The smallest absolute Gasteiger partial charge is 0.335 e. The zero-order valence-corrected chi connectivity index (χ0v) is 22.2. The van der Waals surface area contributed by atoms with E-state index < -0.39 is 28.3 Å². The van der Waals surface area contributed by atoms with Gasteiger partial charge in [0.25, 0.3) is 11.1 Å². The number of hydrogen-bond acceptors (Lipinski definition) is 5. The molecular formula is C28H30F2N4O4. The van der Waals surface area contributed by atoms with Crippen LogP contribution >= 0.6 is 0 Å². The third-order valence-corrected chi connectivity index (χ3v) is 6.67. The number of aryl methyl sites for hydroxylation is 2. The molecule has 0 aliphatic carbocycles. The number of alkyl halides is 1. The van der Waals surface area contributed by atoms with Gasteiger partial charge in [-0.05, 0) is 49.2 Å². The highest BCUT2D eigenvalue weighted by Gasteiger charge is 2.40. The van der Waals surface area contributed by atoms with Crippen molar-refractivity contribution in [3.63, 3.8) is 0 Å². The van der Waals surface area contributed by atoms with Crippen molar-refractivity contribution in [1.82, 2.24) is 13.7 Å². The Morgan fingerprint density at radius 3 is 2.24 bits per heavy atom. The number of aromatic nitrogens is 3. The van der Waals surface area contributed by atoms with Gasteiger partial charge in [-0.2, -0.15) is 0 Å². The molecule has 0 spiro atoms. The van der Waals surface area contributed by atoms with Crippen molar-refractivity contribution in [1.29, 1.82) is 0 Å². The van der Waals surface area contributed by atoms with Crippen LogP contribution in [-0.4, -0.2) is 26.9 Å². The Morgan fingerprint density at radius 1 is 0.947 bits per heavy atom. The van der Waals surface area contributed by atoms with Crippen molar-refractivity contribution in [3.05, 3.63) is 96.2 Å². The molecule has 10 heteroatoms. The minimum absolute atomic E-state index is 0.0176. The first-order chi connectivity index (χ1) is 18.0. The number of fused-ring (bicyclic) bond motifs is 1. The standard InChI is InChI=1S/C26H24F2N4O4.C2H6/c1-14-8-9-19(18(27)10-14)29-22-20-21(15(2)23(33)30(22)3)32(25(35)31(4)24(20)34)17-7-5-6-16(11-17)26(28)12-36-13-26;1-2/h5-11,29H,12-13H2,1-4H3;1-2H3. The Kier molecular flexibility index (Phi) is 7.12. The molecule has 2 aromatic heterocycles. The Morgan fingerprint density at radius 2 is 1.63 bits per heavy atom. The van der Waals surface area contributed by atoms with Crippen LogP contribution in [0.2, 0.25) is 0 Å². The van der Waals surface area contributed by atoms with Gasteiger partial charge in [-0.25, -0.2) is 13.6 Å². The second kappa shape index (κ2) is 10.0. The predicted molar refractivity (Wildman–Crippen MR) is 144 cm³/mol. The fraction of sp³-hybridized carbons (Fsp3) is 0.321. The SMILES string of the molecule is CC.Cc1ccc(Nc2c3c(=O)n(C)c(=O)n(-c4cccc(C5(F)COC5)c4)c3c(C)c(=O)n2C)c(F)c1. The summed E-state index contributed by atoms with van der Waals surface area (Å²) in [7, 11) is 2.78. The average Bonchev–Trinajstić information content (AvgIpc) is 2.89. The van der Waals surface area contributed by atoms with Crippen LogP contribution in [0.1, 0.15) is 30.5 Å².